The molecule has 2 aromatic rings. The van der Waals surface area contributed by atoms with E-state index >= 15 is 0 Å². The van der Waals surface area contributed by atoms with Gasteiger partial charge >= 0.3 is 6.61 Å². The second-order valence-corrected chi connectivity index (χ2v) is 4.72. The average molecular weight is 293 g/mol. The number of ether oxygens (including phenoxy) is 1. The Kier molecular flexibility index (Phi) is 5.11. The van der Waals surface area contributed by atoms with Gasteiger partial charge in [-0.3, -0.25) is 0 Å². The van der Waals surface area contributed by atoms with E-state index in [0.717, 1.165) is 11.1 Å². The van der Waals surface area contributed by atoms with Crippen molar-refractivity contribution in [2.75, 3.05) is 0 Å². The zero-order valence-electron chi connectivity index (χ0n) is 11.6. The number of aromatic hydroxyl groups is 1. The monoisotopic (exact) mass is 293 g/mol. The molecule has 3 nitrogen and oxygen atoms in total. The summed E-state index contributed by atoms with van der Waals surface area (Å²) < 4.78 is 28.8. The van der Waals surface area contributed by atoms with Gasteiger partial charge in [0.15, 0.2) is 0 Å². The highest BCUT2D eigenvalue weighted by Crippen LogP contribution is 2.21. The van der Waals surface area contributed by atoms with Crippen LogP contribution in [0, 0.1) is 0 Å². The minimum Gasteiger partial charge on any atom is -0.508 e. The molecule has 0 amide bonds. The second-order valence-electron chi connectivity index (χ2n) is 4.72. The number of hydrogen-bond donors (Lipinski definition) is 2. The molecule has 0 fully saturated rings. The normalized spacial score (nSPS) is 12.4. The summed E-state index contributed by atoms with van der Waals surface area (Å²) >= 11 is 0. The van der Waals surface area contributed by atoms with Crippen LogP contribution in [0.5, 0.6) is 11.5 Å². The van der Waals surface area contributed by atoms with E-state index in [4.69, 9.17) is 0 Å². The predicted octanol–water partition coefficient (Wildman–Crippen LogP) is 3.84. The van der Waals surface area contributed by atoms with E-state index in [2.05, 4.69) is 10.1 Å². The number of halogens is 2. The number of hydrogen-bond acceptors (Lipinski definition) is 3. The molecular formula is C16H17F2NO2. The molecule has 2 N–H and O–H groups in total. The van der Waals surface area contributed by atoms with Gasteiger partial charge < -0.3 is 15.2 Å². The van der Waals surface area contributed by atoms with E-state index in [-0.39, 0.29) is 17.5 Å². The Balaban J connectivity index is 1.96. The first-order valence-electron chi connectivity index (χ1n) is 6.60. The molecule has 0 aliphatic heterocycles. The Morgan fingerprint density at radius 1 is 1.14 bits per heavy atom. The van der Waals surface area contributed by atoms with Crippen molar-refractivity contribution in [3.8, 4) is 11.5 Å². The Bertz CT molecular complexity index is 573. The summed E-state index contributed by atoms with van der Waals surface area (Å²) in [6.07, 6.45) is 0. The summed E-state index contributed by atoms with van der Waals surface area (Å²) in [5, 5.41) is 12.5. The van der Waals surface area contributed by atoms with Gasteiger partial charge in [0.25, 0.3) is 0 Å². The number of rotatable bonds is 6. The fraction of sp³-hybridized carbons (Fsp3) is 0.250. The molecule has 0 heterocycles. The maximum atomic E-state index is 12.2. The van der Waals surface area contributed by atoms with Crippen LogP contribution in [0.25, 0.3) is 0 Å². The Morgan fingerprint density at radius 3 is 2.52 bits per heavy atom. The van der Waals surface area contributed by atoms with Crippen LogP contribution >= 0.6 is 0 Å². The van der Waals surface area contributed by atoms with Crippen LogP contribution in [0.1, 0.15) is 24.1 Å². The van der Waals surface area contributed by atoms with E-state index in [0.29, 0.717) is 6.54 Å². The smallest absolute Gasteiger partial charge is 0.387 e. The van der Waals surface area contributed by atoms with Crippen molar-refractivity contribution >= 4 is 0 Å². The van der Waals surface area contributed by atoms with E-state index in [9.17, 15) is 13.9 Å². The summed E-state index contributed by atoms with van der Waals surface area (Å²) in [7, 11) is 0. The van der Waals surface area contributed by atoms with Crippen molar-refractivity contribution in [1.29, 1.82) is 0 Å². The standard InChI is InChI=1S/C16H17F2NO2/c1-11(19-10-12-5-7-14(20)8-6-12)13-3-2-4-15(9-13)21-16(17)18/h2-9,11,16,19-20H,10H2,1H3. The number of phenols is 1. The average Bonchev–Trinajstić information content (AvgIpc) is 2.46. The Labute approximate surface area is 122 Å². The maximum Gasteiger partial charge on any atom is 0.387 e. The maximum absolute atomic E-state index is 12.2. The van der Waals surface area contributed by atoms with Crippen LogP contribution < -0.4 is 10.1 Å². The topological polar surface area (TPSA) is 41.5 Å². The molecule has 0 bridgehead atoms. The number of phenolic OH excluding ortho intramolecular Hbond substituents is 1. The first-order chi connectivity index (χ1) is 10.0. The number of nitrogens with one attached hydrogen (secondary N) is 1. The van der Waals surface area contributed by atoms with Gasteiger partial charge in [-0.25, -0.2) is 0 Å². The zero-order valence-corrected chi connectivity index (χ0v) is 11.6. The van der Waals surface area contributed by atoms with Gasteiger partial charge in [-0.15, -0.1) is 0 Å². The third kappa shape index (κ3) is 4.72. The fourth-order valence-electron chi connectivity index (χ4n) is 1.96. The van der Waals surface area contributed by atoms with Crippen molar-refractivity contribution < 1.29 is 18.6 Å². The highest BCUT2D eigenvalue weighted by molar-refractivity contribution is 5.31. The highest BCUT2D eigenvalue weighted by Gasteiger charge is 2.09. The summed E-state index contributed by atoms with van der Waals surface area (Å²) in [5.41, 5.74) is 1.89. The Morgan fingerprint density at radius 2 is 1.86 bits per heavy atom. The second kappa shape index (κ2) is 7.04. The van der Waals surface area contributed by atoms with Crippen molar-refractivity contribution in [3.63, 3.8) is 0 Å². The number of benzene rings is 2. The van der Waals surface area contributed by atoms with Crippen LogP contribution in [0.2, 0.25) is 0 Å². The molecule has 21 heavy (non-hydrogen) atoms. The van der Waals surface area contributed by atoms with Gasteiger partial charge in [-0.1, -0.05) is 24.3 Å². The lowest BCUT2D eigenvalue weighted by molar-refractivity contribution is -0.0499. The first kappa shape index (κ1) is 15.3. The molecule has 0 aliphatic carbocycles. The summed E-state index contributed by atoms with van der Waals surface area (Å²) in [6.45, 7) is -0.260. The first-order valence-corrected chi connectivity index (χ1v) is 6.60. The lowest BCUT2D eigenvalue weighted by atomic mass is 10.1. The van der Waals surface area contributed by atoms with Crippen molar-refractivity contribution in [1.82, 2.24) is 5.32 Å². The van der Waals surface area contributed by atoms with Crippen LogP contribution in [0.3, 0.4) is 0 Å². The van der Waals surface area contributed by atoms with Gasteiger partial charge in [0.05, 0.1) is 0 Å². The lowest BCUT2D eigenvalue weighted by Gasteiger charge is -2.15. The zero-order chi connectivity index (χ0) is 15.2. The molecule has 0 spiro atoms. The van der Waals surface area contributed by atoms with Gasteiger partial charge in [0.2, 0.25) is 0 Å². The van der Waals surface area contributed by atoms with E-state index in [1.165, 1.54) is 6.07 Å². The quantitative estimate of drug-likeness (QED) is 0.850. The van der Waals surface area contributed by atoms with Gasteiger partial charge in [0.1, 0.15) is 11.5 Å². The molecule has 1 atom stereocenters. The van der Waals surface area contributed by atoms with Gasteiger partial charge in [0, 0.05) is 12.6 Å². The van der Waals surface area contributed by atoms with E-state index < -0.39 is 6.61 Å². The van der Waals surface area contributed by atoms with Gasteiger partial charge in [-0.05, 0) is 42.3 Å². The SMILES string of the molecule is CC(NCc1ccc(O)cc1)c1cccc(OC(F)F)c1. The summed E-state index contributed by atoms with van der Waals surface area (Å²) in [5.74, 6) is 0.379. The van der Waals surface area contributed by atoms with Crippen LogP contribution in [-0.2, 0) is 6.54 Å². The Hall–Kier alpha value is -2.14. The van der Waals surface area contributed by atoms with E-state index in [1.54, 1.807) is 24.3 Å². The van der Waals surface area contributed by atoms with Crippen LogP contribution in [-0.4, -0.2) is 11.7 Å². The molecule has 2 rings (SSSR count). The lowest BCUT2D eigenvalue weighted by Crippen LogP contribution is -2.18. The minimum absolute atomic E-state index is 0.0139. The highest BCUT2D eigenvalue weighted by atomic mass is 19.3. The molecule has 0 radical (unpaired) electrons. The minimum atomic E-state index is -2.82. The summed E-state index contributed by atoms with van der Waals surface area (Å²) in [4.78, 5) is 0. The molecule has 2 aromatic carbocycles. The largest absolute Gasteiger partial charge is 0.508 e. The molecule has 1 unspecified atom stereocenters. The third-order valence-electron chi connectivity index (χ3n) is 3.13. The molecule has 0 aliphatic rings. The molecule has 0 saturated heterocycles. The third-order valence-corrected chi connectivity index (χ3v) is 3.13. The van der Waals surface area contributed by atoms with Crippen LogP contribution in [0.4, 0.5) is 8.78 Å². The van der Waals surface area contributed by atoms with Crippen LogP contribution in [0.15, 0.2) is 48.5 Å². The molecule has 0 saturated carbocycles. The van der Waals surface area contributed by atoms with Gasteiger partial charge in [-0.2, -0.15) is 8.78 Å². The fourth-order valence-corrected chi connectivity index (χ4v) is 1.96. The van der Waals surface area contributed by atoms with Crippen molar-refractivity contribution in [3.05, 3.63) is 59.7 Å². The molecule has 112 valence electrons. The van der Waals surface area contributed by atoms with E-state index in [1.807, 2.05) is 25.1 Å². The molecule has 5 heteroatoms. The van der Waals surface area contributed by atoms with Crippen molar-refractivity contribution in [2.24, 2.45) is 0 Å². The van der Waals surface area contributed by atoms with Crippen molar-refractivity contribution in [2.45, 2.75) is 26.1 Å². The number of alkyl halides is 2. The molecule has 0 aromatic heterocycles. The predicted molar refractivity (Wildman–Crippen MR) is 76.4 cm³/mol. The molecular weight excluding hydrogens is 276 g/mol. The summed E-state index contributed by atoms with van der Waals surface area (Å²) in [6, 6.07) is 13.5.